The number of benzene rings is 3. The van der Waals surface area contributed by atoms with E-state index in [9.17, 15) is 5.11 Å². The molecule has 6 heteroatoms. The van der Waals surface area contributed by atoms with E-state index in [1.807, 2.05) is 48.5 Å². The molecule has 0 saturated heterocycles. The van der Waals surface area contributed by atoms with Crippen LogP contribution in [0.5, 0.6) is 11.5 Å². The first-order chi connectivity index (χ1) is 14.2. The van der Waals surface area contributed by atoms with Gasteiger partial charge in [0.15, 0.2) is 0 Å². The first kappa shape index (κ1) is 21.5. The molecular weight excluding hydrogens is 406 g/mol. The number of aliphatic hydroxyl groups is 1. The van der Waals surface area contributed by atoms with Gasteiger partial charge in [0.2, 0.25) is 0 Å². The lowest BCUT2D eigenvalue weighted by molar-refractivity contribution is 0.106. The van der Waals surface area contributed by atoms with Crippen molar-refractivity contribution in [1.82, 2.24) is 5.32 Å². The third-order valence-corrected chi connectivity index (χ3v) is 5.71. The highest BCUT2D eigenvalue weighted by Gasteiger charge is 2.10. The van der Waals surface area contributed by atoms with E-state index in [1.54, 1.807) is 31.0 Å². The zero-order valence-electron chi connectivity index (χ0n) is 16.2. The second kappa shape index (κ2) is 11.1. The van der Waals surface area contributed by atoms with Crippen molar-refractivity contribution >= 4 is 23.4 Å². The second-order valence-corrected chi connectivity index (χ2v) is 7.88. The van der Waals surface area contributed by atoms with Gasteiger partial charge in [0.05, 0.1) is 17.0 Å². The van der Waals surface area contributed by atoms with Crippen LogP contribution in [0, 0.1) is 0 Å². The van der Waals surface area contributed by atoms with Crippen LogP contribution in [-0.2, 0) is 6.54 Å². The van der Waals surface area contributed by atoms with E-state index in [2.05, 4.69) is 17.4 Å². The van der Waals surface area contributed by atoms with Gasteiger partial charge in [0.1, 0.15) is 24.2 Å². The summed E-state index contributed by atoms with van der Waals surface area (Å²) in [7, 11) is 1.68. The minimum Gasteiger partial charge on any atom is -0.496 e. The smallest absolute Gasteiger partial charge is 0.138 e. The first-order valence-corrected chi connectivity index (χ1v) is 10.5. The third-order valence-electron chi connectivity index (χ3n) is 4.22. The maximum atomic E-state index is 10.2. The topological polar surface area (TPSA) is 50.7 Å². The van der Waals surface area contributed by atoms with E-state index in [4.69, 9.17) is 21.1 Å². The maximum Gasteiger partial charge on any atom is 0.138 e. The molecule has 2 N–H and O–H groups in total. The number of para-hydroxylation sites is 2. The quantitative estimate of drug-likeness (QED) is 0.473. The maximum absolute atomic E-state index is 10.2. The first-order valence-electron chi connectivity index (χ1n) is 9.32. The summed E-state index contributed by atoms with van der Waals surface area (Å²) in [5.41, 5.74) is 1.16. The number of ether oxygens (including phenoxy) is 2. The lowest BCUT2D eigenvalue weighted by Crippen LogP contribution is -2.31. The normalized spacial score (nSPS) is 11.8. The Labute approximate surface area is 180 Å². The molecule has 0 fully saturated rings. The standard InChI is InChI=1S/C23H24ClNO3S/c1-27-21-11-5-7-13-23(21)29-22-12-6-2-8-17(22)14-25-15-18(26)16-28-20-10-4-3-9-19(20)24/h2-13,18,25-26H,14-16H2,1H3. The second-order valence-electron chi connectivity index (χ2n) is 6.39. The van der Waals surface area contributed by atoms with E-state index < -0.39 is 6.10 Å². The van der Waals surface area contributed by atoms with E-state index in [0.29, 0.717) is 23.9 Å². The SMILES string of the molecule is COc1ccccc1Sc1ccccc1CNCC(O)COc1ccccc1Cl. The van der Waals surface area contributed by atoms with Crippen LogP contribution in [-0.4, -0.2) is 31.5 Å². The van der Waals surface area contributed by atoms with E-state index in [1.165, 1.54) is 0 Å². The summed E-state index contributed by atoms with van der Waals surface area (Å²) in [6.45, 7) is 1.23. The Morgan fingerprint density at radius 3 is 2.34 bits per heavy atom. The van der Waals surface area contributed by atoms with Crippen molar-refractivity contribution in [3.8, 4) is 11.5 Å². The molecule has 1 atom stereocenters. The van der Waals surface area contributed by atoms with Crippen molar-refractivity contribution in [2.45, 2.75) is 22.4 Å². The Morgan fingerprint density at radius 1 is 0.931 bits per heavy atom. The molecule has 152 valence electrons. The number of methoxy groups -OCH3 is 1. The zero-order chi connectivity index (χ0) is 20.5. The average Bonchev–Trinajstić information content (AvgIpc) is 2.75. The molecule has 0 aromatic heterocycles. The summed E-state index contributed by atoms with van der Waals surface area (Å²) in [4.78, 5) is 2.21. The molecular formula is C23H24ClNO3S. The largest absolute Gasteiger partial charge is 0.496 e. The lowest BCUT2D eigenvalue weighted by Gasteiger charge is -2.15. The summed E-state index contributed by atoms with van der Waals surface area (Å²) in [6.07, 6.45) is -0.639. The Bertz CT molecular complexity index is 922. The van der Waals surface area contributed by atoms with Gasteiger partial charge in [0.25, 0.3) is 0 Å². The summed E-state index contributed by atoms with van der Waals surface area (Å²) in [5, 5.41) is 14.0. The number of rotatable bonds is 10. The Morgan fingerprint density at radius 2 is 1.59 bits per heavy atom. The van der Waals surface area contributed by atoms with Gasteiger partial charge in [0, 0.05) is 18.0 Å². The highest BCUT2D eigenvalue weighted by atomic mass is 35.5. The number of hydrogen-bond donors (Lipinski definition) is 2. The average molecular weight is 430 g/mol. The van der Waals surface area contributed by atoms with Crippen LogP contribution in [0.4, 0.5) is 0 Å². The van der Waals surface area contributed by atoms with Gasteiger partial charge in [-0.3, -0.25) is 0 Å². The van der Waals surface area contributed by atoms with Gasteiger partial charge < -0.3 is 19.9 Å². The molecule has 0 aliphatic rings. The number of aliphatic hydroxyl groups excluding tert-OH is 1. The molecule has 0 spiro atoms. The van der Waals surface area contributed by atoms with Gasteiger partial charge in [-0.15, -0.1) is 0 Å². The highest BCUT2D eigenvalue weighted by Crippen LogP contribution is 2.36. The van der Waals surface area contributed by atoms with E-state index in [-0.39, 0.29) is 6.61 Å². The third kappa shape index (κ3) is 6.41. The molecule has 3 aromatic rings. The zero-order valence-corrected chi connectivity index (χ0v) is 17.7. The minimum atomic E-state index is -0.639. The fraction of sp³-hybridized carbons (Fsp3) is 0.217. The Kier molecular flexibility index (Phi) is 8.25. The van der Waals surface area contributed by atoms with Gasteiger partial charge in [-0.25, -0.2) is 0 Å². The molecule has 0 radical (unpaired) electrons. The molecule has 1 unspecified atom stereocenters. The van der Waals surface area contributed by atoms with Crippen molar-refractivity contribution in [1.29, 1.82) is 0 Å². The van der Waals surface area contributed by atoms with Crippen LogP contribution in [0.15, 0.2) is 82.6 Å². The Balaban J connectivity index is 1.52. The van der Waals surface area contributed by atoms with Crippen LogP contribution >= 0.6 is 23.4 Å². The van der Waals surface area contributed by atoms with Crippen LogP contribution in [0.2, 0.25) is 5.02 Å². The minimum absolute atomic E-state index is 0.175. The molecule has 0 aliphatic carbocycles. The van der Waals surface area contributed by atoms with Crippen molar-refractivity contribution in [2.24, 2.45) is 0 Å². The van der Waals surface area contributed by atoms with Crippen LogP contribution in [0.1, 0.15) is 5.56 Å². The van der Waals surface area contributed by atoms with Crippen LogP contribution in [0.3, 0.4) is 0 Å². The van der Waals surface area contributed by atoms with Crippen molar-refractivity contribution < 1.29 is 14.6 Å². The van der Waals surface area contributed by atoms with Gasteiger partial charge in [-0.05, 0) is 35.9 Å². The lowest BCUT2D eigenvalue weighted by atomic mass is 10.2. The van der Waals surface area contributed by atoms with E-state index >= 15 is 0 Å². The molecule has 0 aliphatic heterocycles. The Hall–Kier alpha value is -2.18. The highest BCUT2D eigenvalue weighted by molar-refractivity contribution is 7.99. The fourth-order valence-electron chi connectivity index (χ4n) is 2.75. The summed E-state index contributed by atoms with van der Waals surface area (Å²) in [5.74, 6) is 1.43. The summed E-state index contributed by atoms with van der Waals surface area (Å²) >= 11 is 7.73. The van der Waals surface area contributed by atoms with Crippen LogP contribution in [0.25, 0.3) is 0 Å². The van der Waals surface area contributed by atoms with Crippen LogP contribution < -0.4 is 14.8 Å². The molecule has 3 aromatic carbocycles. The predicted molar refractivity (Wildman–Crippen MR) is 118 cm³/mol. The molecule has 4 nitrogen and oxygen atoms in total. The summed E-state index contributed by atoms with van der Waals surface area (Å²) in [6, 6.07) is 23.4. The predicted octanol–water partition coefficient (Wildman–Crippen LogP) is 5.03. The molecule has 0 saturated carbocycles. The van der Waals surface area contributed by atoms with Gasteiger partial charge in [-0.2, -0.15) is 0 Å². The molecule has 0 bridgehead atoms. The van der Waals surface area contributed by atoms with Crippen molar-refractivity contribution in [2.75, 3.05) is 20.3 Å². The van der Waals surface area contributed by atoms with Crippen molar-refractivity contribution in [3.05, 3.63) is 83.4 Å². The van der Waals surface area contributed by atoms with Crippen molar-refractivity contribution in [3.63, 3.8) is 0 Å². The summed E-state index contributed by atoms with van der Waals surface area (Å²) < 4.78 is 11.0. The molecule has 0 heterocycles. The number of halogens is 1. The number of hydrogen-bond acceptors (Lipinski definition) is 5. The molecule has 29 heavy (non-hydrogen) atoms. The van der Waals surface area contributed by atoms with E-state index in [0.717, 1.165) is 21.1 Å². The molecule has 3 rings (SSSR count). The fourth-order valence-corrected chi connectivity index (χ4v) is 3.99. The van der Waals surface area contributed by atoms with Gasteiger partial charge in [-0.1, -0.05) is 65.8 Å². The monoisotopic (exact) mass is 429 g/mol. The van der Waals surface area contributed by atoms with Gasteiger partial charge >= 0.3 is 0 Å². The number of nitrogens with one attached hydrogen (secondary N) is 1. The molecule has 0 amide bonds.